The third kappa shape index (κ3) is 3.28. The molecule has 19 heavy (non-hydrogen) atoms. The van der Waals surface area contributed by atoms with E-state index in [2.05, 4.69) is 20.8 Å². The van der Waals surface area contributed by atoms with Crippen LogP contribution in [0.25, 0.3) is 0 Å². The minimum atomic E-state index is -0.0158. The van der Waals surface area contributed by atoms with Crippen molar-refractivity contribution in [2.24, 2.45) is 5.73 Å². The van der Waals surface area contributed by atoms with E-state index in [4.69, 9.17) is 17.3 Å². The number of carbonyl (C=O) groups excluding carboxylic acids is 1. The monoisotopic (exact) mass is 345 g/mol. The summed E-state index contributed by atoms with van der Waals surface area (Å²) < 4.78 is 0.761. The molecule has 1 atom stereocenters. The van der Waals surface area contributed by atoms with Gasteiger partial charge in [0.1, 0.15) is 0 Å². The number of rotatable bonds is 2. The fourth-order valence-corrected chi connectivity index (χ4v) is 2.88. The Morgan fingerprint density at radius 2 is 2.26 bits per heavy atom. The maximum Gasteiger partial charge on any atom is 0.255 e. The number of halogens is 2. The summed E-state index contributed by atoms with van der Waals surface area (Å²) in [7, 11) is 2.04. The summed E-state index contributed by atoms with van der Waals surface area (Å²) in [6, 6.07) is 5.30. The molecule has 1 saturated heterocycles. The SMILES string of the molecule is CN1CCN(C(=O)c2cc(Cl)ccc2Br)C(CN)C1. The largest absolute Gasteiger partial charge is 0.332 e. The van der Waals surface area contributed by atoms with E-state index in [9.17, 15) is 4.79 Å². The first-order chi connectivity index (χ1) is 9.02. The van der Waals surface area contributed by atoms with Crippen molar-refractivity contribution in [1.82, 2.24) is 9.80 Å². The van der Waals surface area contributed by atoms with E-state index in [0.717, 1.165) is 17.6 Å². The van der Waals surface area contributed by atoms with Gasteiger partial charge in [-0.15, -0.1) is 0 Å². The molecule has 0 bridgehead atoms. The number of hydrogen-bond donors (Lipinski definition) is 1. The van der Waals surface area contributed by atoms with Gasteiger partial charge in [-0.2, -0.15) is 0 Å². The van der Waals surface area contributed by atoms with Gasteiger partial charge >= 0.3 is 0 Å². The fraction of sp³-hybridized carbons (Fsp3) is 0.462. The van der Waals surface area contributed by atoms with Crippen molar-refractivity contribution in [1.29, 1.82) is 0 Å². The average Bonchev–Trinajstić information content (AvgIpc) is 2.40. The number of carbonyl (C=O) groups is 1. The van der Waals surface area contributed by atoms with Crippen molar-refractivity contribution in [3.05, 3.63) is 33.3 Å². The standard InChI is InChI=1S/C13H17BrClN3O/c1-17-4-5-18(10(7-16)8-17)13(19)11-6-9(15)2-3-12(11)14/h2-3,6,10H,4-5,7-8,16H2,1H3. The lowest BCUT2D eigenvalue weighted by Crippen LogP contribution is -2.56. The minimum Gasteiger partial charge on any atom is -0.332 e. The van der Waals surface area contributed by atoms with E-state index < -0.39 is 0 Å². The summed E-state index contributed by atoms with van der Waals surface area (Å²) >= 11 is 9.37. The lowest BCUT2D eigenvalue weighted by atomic mass is 10.1. The molecule has 2 N–H and O–H groups in total. The highest BCUT2D eigenvalue weighted by molar-refractivity contribution is 9.10. The fourth-order valence-electron chi connectivity index (χ4n) is 2.30. The van der Waals surface area contributed by atoms with Crippen molar-refractivity contribution in [3.8, 4) is 0 Å². The zero-order valence-electron chi connectivity index (χ0n) is 10.8. The van der Waals surface area contributed by atoms with Gasteiger partial charge in [-0.05, 0) is 41.2 Å². The first-order valence-corrected chi connectivity index (χ1v) is 7.34. The minimum absolute atomic E-state index is 0.0158. The Bertz CT molecular complexity index is 483. The highest BCUT2D eigenvalue weighted by Gasteiger charge is 2.29. The van der Waals surface area contributed by atoms with Gasteiger partial charge < -0.3 is 15.5 Å². The predicted molar refractivity (Wildman–Crippen MR) is 80.5 cm³/mol. The van der Waals surface area contributed by atoms with Gasteiger partial charge in [-0.25, -0.2) is 0 Å². The molecule has 2 rings (SSSR count). The smallest absolute Gasteiger partial charge is 0.255 e. The molecule has 6 heteroatoms. The number of nitrogens with zero attached hydrogens (tertiary/aromatic N) is 2. The van der Waals surface area contributed by atoms with Crippen LogP contribution in [0.5, 0.6) is 0 Å². The number of hydrogen-bond acceptors (Lipinski definition) is 3. The lowest BCUT2D eigenvalue weighted by molar-refractivity contribution is 0.0515. The topological polar surface area (TPSA) is 49.6 Å². The van der Waals surface area contributed by atoms with Gasteiger partial charge in [0.05, 0.1) is 11.6 Å². The second-order valence-corrected chi connectivity index (χ2v) is 6.07. The molecule has 0 aliphatic carbocycles. The molecule has 0 aromatic heterocycles. The molecule has 1 unspecified atom stereocenters. The number of piperazine rings is 1. The third-order valence-corrected chi connectivity index (χ3v) is 4.30. The van der Waals surface area contributed by atoms with Gasteiger partial charge in [0, 0.05) is 35.7 Å². The quantitative estimate of drug-likeness (QED) is 0.888. The Labute approximate surface area is 126 Å². The summed E-state index contributed by atoms with van der Waals surface area (Å²) in [5.74, 6) is -0.0158. The van der Waals surface area contributed by atoms with Crippen LogP contribution >= 0.6 is 27.5 Å². The second kappa shape index (κ2) is 6.22. The van der Waals surface area contributed by atoms with Crippen LogP contribution in [0.3, 0.4) is 0 Å². The Morgan fingerprint density at radius 1 is 1.53 bits per heavy atom. The molecular formula is C13H17BrClN3O. The molecule has 104 valence electrons. The Kier molecular flexibility index (Phi) is 4.84. The van der Waals surface area contributed by atoms with Crippen molar-refractivity contribution in [2.75, 3.05) is 33.2 Å². The molecule has 1 aliphatic heterocycles. The summed E-state index contributed by atoms with van der Waals surface area (Å²) in [6.07, 6.45) is 0. The van der Waals surface area contributed by atoms with Gasteiger partial charge in [0.25, 0.3) is 5.91 Å². The maximum atomic E-state index is 12.6. The van der Waals surface area contributed by atoms with E-state index in [1.165, 1.54) is 0 Å². The van der Waals surface area contributed by atoms with Crippen LogP contribution in [0.4, 0.5) is 0 Å². The van der Waals surface area contributed by atoms with Crippen molar-refractivity contribution in [3.63, 3.8) is 0 Å². The Morgan fingerprint density at radius 3 is 2.95 bits per heavy atom. The van der Waals surface area contributed by atoms with E-state index in [0.29, 0.717) is 23.7 Å². The molecule has 0 spiro atoms. The van der Waals surface area contributed by atoms with E-state index in [1.54, 1.807) is 18.2 Å². The molecule has 1 amide bonds. The van der Waals surface area contributed by atoms with E-state index in [1.807, 2.05) is 11.9 Å². The first-order valence-electron chi connectivity index (χ1n) is 6.17. The highest BCUT2D eigenvalue weighted by Crippen LogP contribution is 2.24. The van der Waals surface area contributed by atoms with Crippen molar-refractivity contribution < 1.29 is 4.79 Å². The van der Waals surface area contributed by atoms with Crippen LogP contribution in [0.2, 0.25) is 5.02 Å². The van der Waals surface area contributed by atoms with Crippen LogP contribution in [0.1, 0.15) is 10.4 Å². The van der Waals surface area contributed by atoms with Crippen molar-refractivity contribution in [2.45, 2.75) is 6.04 Å². The van der Waals surface area contributed by atoms with Crippen LogP contribution in [-0.4, -0.2) is 55.0 Å². The van der Waals surface area contributed by atoms with Crippen LogP contribution in [0.15, 0.2) is 22.7 Å². The molecular weight excluding hydrogens is 330 g/mol. The zero-order valence-corrected chi connectivity index (χ0v) is 13.1. The van der Waals surface area contributed by atoms with Gasteiger partial charge in [0.15, 0.2) is 0 Å². The molecule has 0 saturated carbocycles. The van der Waals surface area contributed by atoms with Crippen LogP contribution in [-0.2, 0) is 0 Å². The first kappa shape index (κ1) is 14.8. The predicted octanol–water partition coefficient (Wildman–Crippen LogP) is 1.82. The summed E-state index contributed by atoms with van der Waals surface area (Å²) in [6.45, 7) is 2.82. The molecule has 1 aromatic carbocycles. The zero-order chi connectivity index (χ0) is 14.0. The lowest BCUT2D eigenvalue weighted by Gasteiger charge is -2.39. The number of likely N-dealkylation sites (N-methyl/N-ethyl adjacent to an activating group) is 1. The summed E-state index contributed by atoms with van der Waals surface area (Å²) in [4.78, 5) is 16.6. The second-order valence-electron chi connectivity index (χ2n) is 4.77. The molecule has 1 fully saturated rings. The molecule has 1 aliphatic rings. The normalized spacial score (nSPS) is 20.6. The van der Waals surface area contributed by atoms with Crippen LogP contribution < -0.4 is 5.73 Å². The molecule has 4 nitrogen and oxygen atoms in total. The van der Waals surface area contributed by atoms with Gasteiger partial charge in [-0.1, -0.05) is 11.6 Å². The number of nitrogens with two attached hydrogens (primary N) is 1. The average molecular weight is 347 g/mol. The third-order valence-electron chi connectivity index (χ3n) is 3.38. The molecule has 0 radical (unpaired) electrons. The summed E-state index contributed by atoms with van der Waals surface area (Å²) in [5, 5.41) is 0.560. The molecule has 1 aromatic rings. The van der Waals surface area contributed by atoms with Crippen LogP contribution in [0, 0.1) is 0 Å². The number of benzene rings is 1. The van der Waals surface area contributed by atoms with Crippen molar-refractivity contribution >= 4 is 33.4 Å². The highest BCUT2D eigenvalue weighted by atomic mass is 79.9. The van der Waals surface area contributed by atoms with Gasteiger partial charge in [0.2, 0.25) is 0 Å². The summed E-state index contributed by atoms with van der Waals surface area (Å²) in [5.41, 5.74) is 6.37. The Balaban J connectivity index is 2.25. The van der Waals surface area contributed by atoms with E-state index in [-0.39, 0.29) is 11.9 Å². The van der Waals surface area contributed by atoms with E-state index >= 15 is 0 Å². The van der Waals surface area contributed by atoms with Gasteiger partial charge in [-0.3, -0.25) is 4.79 Å². The molecule has 1 heterocycles. The Hall–Kier alpha value is -0.620. The maximum absolute atomic E-state index is 12.6. The number of amides is 1.